The fraction of sp³-hybridized carbons (Fsp3) is 0.214. The molecule has 0 aliphatic heterocycles. The minimum absolute atomic E-state index is 0.0846. The Morgan fingerprint density at radius 2 is 2.00 bits per heavy atom. The van der Waals surface area contributed by atoms with Crippen molar-refractivity contribution in [2.45, 2.75) is 12.5 Å². The van der Waals surface area contributed by atoms with Gasteiger partial charge in [0.1, 0.15) is 11.9 Å². The molecule has 0 fully saturated rings. The lowest BCUT2D eigenvalue weighted by Crippen LogP contribution is -2.36. The van der Waals surface area contributed by atoms with Crippen LogP contribution in [0.3, 0.4) is 0 Å². The number of aromatic nitrogens is 2. The van der Waals surface area contributed by atoms with Gasteiger partial charge in [-0.2, -0.15) is 5.26 Å². The molecular weight excluding hydrogens is 240 g/mol. The van der Waals surface area contributed by atoms with Crippen molar-refractivity contribution in [2.75, 3.05) is 11.9 Å². The van der Waals surface area contributed by atoms with E-state index in [0.717, 1.165) is 5.56 Å². The first-order valence-electron chi connectivity index (χ1n) is 5.85. The summed E-state index contributed by atoms with van der Waals surface area (Å²) in [5.41, 5.74) is 0.559. The maximum Gasteiger partial charge on any atom is 0.158 e. The van der Waals surface area contributed by atoms with Gasteiger partial charge in [0.25, 0.3) is 0 Å². The van der Waals surface area contributed by atoms with E-state index in [4.69, 9.17) is 5.26 Å². The molecule has 2 N–H and O–H groups in total. The van der Waals surface area contributed by atoms with Gasteiger partial charge in [-0.25, -0.2) is 9.97 Å². The molecule has 0 amide bonds. The Morgan fingerprint density at radius 1 is 1.26 bits per heavy atom. The van der Waals surface area contributed by atoms with E-state index in [9.17, 15) is 5.11 Å². The molecule has 1 aromatic heterocycles. The van der Waals surface area contributed by atoms with E-state index in [-0.39, 0.29) is 12.3 Å². The van der Waals surface area contributed by atoms with Crippen molar-refractivity contribution in [3.05, 3.63) is 54.0 Å². The predicted molar refractivity (Wildman–Crippen MR) is 71.2 cm³/mol. The average Bonchev–Trinajstić information content (AvgIpc) is 2.49. The Hall–Kier alpha value is -2.45. The Balaban J connectivity index is 2.25. The van der Waals surface area contributed by atoms with Crippen LogP contribution in [0.4, 0.5) is 5.82 Å². The third kappa shape index (κ3) is 2.87. The normalized spacial score (nSPS) is 13.3. The van der Waals surface area contributed by atoms with Crippen molar-refractivity contribution in [3.8, 4) is 6.07 Å². The number of nitrogens with zero attached hydrogens (tertiary/aromatic N) is 3. The van der Waals surface area contributed by atoms with E-state index in [1.165, 1.54) is 12.4 Å². The van der Waals surface area contributed by atoms with Crippen LogP contribution in [0.2, 0.25) is 0 Å². The zero-order valence-corrected chi connectivity index (χ0v) is 10.5. The minimum atomic E-state index is -0.649. The number of nitriles is 1. The lowest BCUT2D eigenvalue weighted by atomic mass is 9.93. The van der Waals surface area contributed by atoms with Gasteiger partial charge in [0.05, 0.1) is 24.5 Å². The molecule has 1 unspecified atom stereocenters. The molecule has 5 heteroatoms. The summed E-state index contributed by atoms with van der Waals surface area (Å²) in [4.78, 5) is 8.04. The van der Waals surface area contributed by atoms with E-state index >= 15 is 0 Å². The van der Waals surface area contributed by atoms with Crippen molar-refractivity contribution < 1.29 is 5.11 Å². The topological polar surface area (TPSA) is 81.8 Å². The maximum atomic E-state index is 9.64. The summed E-state index contributed by atoms with van der Waals surface area (Å²) in [5, 5.41) is 21.4. The number of rotatable bonds is 4. The molecule has 1 heterocycles. The summed E-state index contributed by atoms with van der Waals surface area (Å²) >= 11 is 0. The molecule has 0 aliphatic rings. The molecule has 1 aromatic carbocycles. The molecule has 0 saturated carbocycles. The SMILES string of the molecule is CC(CO)(Nc1cnc(C#N)cn1)c1ccccc1. The lowest BCUT2D eigenvalue weighted by molar-refractivity contribution is 0.223. The molecule has 0 spiro atoms. The number of hydrogen-bond donors (Lipinski definition) is 2. The smallest absolute Gasteiger partial charge is 0.158 e. The van der Waals surface area contributed by atoms with Crippen molar-refractivity contribution in [1.82, 2.24) is 9.97 Å². The molecule has 0 aliphatic carbocycles. The Morgan fingerprint density at radius 3 is 2.53 bits per heavy atom. The second kappa shape index (κ2) is 5.46. The zero-order chi connectivity index (χ0) is 13.7. The monoisotopic (exact) mass is 254 g/mol. The van der Waals surface area contributed by atoms with E-state index in [0.29, 0.717) is 5.82 Å². The Labute approximate surface area is 111 Å². The van der Waals surface area contributed by atoms with Crippen molar-refractivity contribution in [2.24, 2.45) is 0 Å². The molecule has 96 valence electrons. The number of aliphatic hydroxyl groups is 1. The summed E-state index contributed by atoms with van der Waals surface area (Å²) in [6.07, 6.45) is 2.88. The van der Waals surface area contributed by atoms with Crippen LogP contribution in [0.15, 0.2) is 42.7 Å². The quantitative estimate of drug-likeness (QED) is 0.867. The van der Waals surface area contributed by atoms with Gasteiger partial charge in [-0.3, -0.25) is 0 Å². The summed E-state index contributed by atoms with van der Waals surface area (Å²) in [6.45, 7) is 1.79. The molecular formula is C14H14N4O. The molecule has 0 radical (unpaired) electrons. The Bertz CT molecular complexity index is 577. The first-order chi connectivity index (χ1) is 9.18. The van der Waals surface area contributed by atoms with Crippen LogP contribution in [0, 0.1) is 11.3 Å². The number of nitrogens with one attached hydrogen (secondary N) is 1. The van der Waals surface area contributed by atoms with Gasteiger partial charge >= 0.3 is 0 Å². The summed E-state index contributed by atoms with van der Waals surface area (Å²) in [5.74, 6) is 0.513. The third-order valence-corrected chi connectivity index (χ3v) is 2.90. The fourth-order valence-electron chi connectivity index (χ4n) is 1.74. The van der Waals surface area contributed by atoms with Crippen molar-refractivity contribution in [3.63, 3.8) is 0 Å². The van der Waals surface area contributed by atoms with E-state index in [1.54, 1.807) is 0 Å². The van der Waals surface area contributed by atoms with E-state index in [2.05, 4.69) is 15.3 Å². The van der Waals surface area contributed by atoms with Gasteiger partial charge in [0.15, 0.2) is 5.69 Å². The Kier molecular flexibility index (Phi) is 3.74. The van der Waals surface area contributed by atoms with Crippen LogP contribution < -0.4 is 5.32 Å². The van der Waals surface area contributed by atoms with Gasteiger partial charge in [-0.1, -0.05) is 30.3 Å². The highest BCUT2D eigenvalue weighted by Crippen LogP contribution is 2.24. The molecule has 5 nitrogen and oxygen atoms in total. The van der Waals surface area contributed by atoms with Crippen LogP contribution >= 0.6 is 0 Å². The van der Waals surface area contributed by atoms with E-state index < -0.39 is 5.54 Å². The van der Waals surface area contributed by atoms with Gasteiger partial charge < -0.3 is 10.4 Å². The lowest BCUT2D eigenvalue weighted by Gasteiger charge is -2.29. The average molecular weight is 254 g/mol. The highest BCUT2D eigenvalue weighted by Gasteiger charge is 2.25. The van der Waals surface area contributed by atoms with Crippen LogP contribution in [0.25, 0.3) is 0 Å². The highest BCUT2D eigenvalue weighted by molar-refractivity contribution is 5.41. The second-order valence-electron chi connectivity index (χ2n) is 4.38. The van der Waals surface area contributed by atoms with Crippen LogP contribution in [0.5, 0.6) is 0 Å². The maximum absolute atomic E-state index is 9.64. The second-order valence-corrected chi connectivity index (χ2v) is 4.38. The number of benzene rings is 1. The summed E-state index contributed by atoms with van der Waals surface area (Å²) < 4.78 is 0. The predicted octanol–water partition coefficient (Wildman–Crippen LogP) is 1.67. The number of hydrogen-bond acceptors (Lipinski definition) is 5. The van der Waals surface area contributed by atoms with Gasteiger partial charge in [-0.15, -0.1) is 0 Å². The highest BCUT2D eigenvalue weighted by atomic mass is 16.3. The standard InChI is InChI=1S/C14H14N4O/c1-14(10-19,11-5-3-2-4-6-11)18-13-9-16-12(7-15)8-17-13/h2-6,8-9,19H,10H2,1H3,(H,17,18). The molecule has 0 bridgehead atoms. The first kappa shape index (κ1) is 13.0. The molecule has 0 saturated heterocycles. The van der Waals surface area contributed by atoms with Gasteiger partial charge in [0, 0.05) is 0 Å². The fourth-order valence-corrected chi connectivity index (χ4v) is 1.74. The van der Waals surface area contributed by atoms with Crippen molar-refractivity contribution >= 4 is 5.82 Å². The van der Waals surface area contributed by atoms with Crippen molar-refractivity contribution in [1.29, 1.82) is 5.26 Å². The zero-order valence-electron chi connectivity index (χ0n) is 10.5. The van der Waals surface area contributed by atoms with Crippen LogP contribution in [-0.2, 0) is 5.54 Å². The van der Waals surface area contributed by atoms with Gasteiger partial charge in [-0.05, 0) is 12.5 Å². The molecule has 19 heavy (non-hydrogen) atoms. The largest absolute Gasteiger partial charge is 0.394 e. The van der Waals surface area contributed by atoms with Crippen LogP contribution in [-0.4, -0.2) is 21.7 Å². The minimum Gasteiger partial charge on any atom is -0.394 e. The third-order valence-electron chi connectivity index (χ3n) is 2.90. The first-order valence-corrected chi connectivity index (χ1v) is 5.85. The molecule has 2 rings (SSSR count). The number of aliphatic hydroxyl groups excluding tert-OH is 1. The van der Waals surface area contributed by atoms with Crippen LogP contribution in [0.1, 0.15) is 18.2 Å². The summed E-state index contributed by atoms with van der Waals surface area (Å²) in [7, 11) is 0. The number of anilines is 1. The summed E-state index contributed by atoms with van der Waals surface area (Å²) in [6, 6.07) is 11.5. The van der Waals surface area contributed by atoms with E-state index in [1.807, 2.05) is 43.3 Å². The molecule has 2 aromatic rings. The van der Waals surface area contributed by atoms with Gasteiger partial charge in [0.2, 0.25) is 0 Å². The molecule has 1 atom stereocenters.